The Hall–Kier alpha value is -1.50. The topological polar surface area (TPSA) is 87.8 Å². The average molecular weight is 302 g/mol. The molecule has 0 unspecified atom stereocenters. The van der Waals surface area contributed by atoms with Crippen molar-refractivity contribution < 1.29 is 14.6 Å². The number of carboxylic acid groups (broad SMARTS) is 1. The predicted octanol–water partition coefficient (Wildman–Crippen LogP) is 1.61. The summed E-state index contributed by atoms with van der Waals surface area (Å²) in [6.07, 6.45) is 0. The highest BCUT2D eigenvalue weighted by molar-refractivity contribution is 6.34. The Balaban J connectivity index is 2.53. The molecule has 0 heterocycles. The number of nitrogens with zero attached hydrogens (tertiary/aromatic N) is 1. The quantitative estimate of drug-likeness (QED) is 0.499. The molecular weight excluding hydrogens is 282 g/mol. The summed E-state index contributed by atoms with van der Waals surface area (Å²) in [5, 5.41) is 12.4. The number of benzene rings is 1. The second-order valence-electron chi connectivity index (χ2n) is 4.57. The molecule has 1 aromatic carbocycles. The van der Waals surface area contributed by atoms with Crippen molar-refractivity contribution in [3.05, 3.63) is 22.7 Å². The number of carbonyl (C=O) groups is 1. The molecule has 0 bridgehead atoms. The number of carboxylic acids is 1. The summed E-state index contributed by atoms with van der Waals surface area (Å²) in [4.78, 5) is 13.2. The number of nitrogen functional groups attached to an aromatic ring is 1. The molecule has 0 fully saturated rings. The van der Waals surface area contributed by atoms with Gasteiger partial charge >= 0.3 is 5.97 Å². The van der Waals surface area contributed by atoms with Crippen molar-refractivity contribution in [1.29, 1.82) is 0 Å². The Morgan fingerprint density at radius 3 is 2.75 bits per heavy atom. The first-order valence-electron chi connectivity index (χ1n) is 6.20. The lowest BCUT2D eigenvalue weighted by molar-refractivity contribution is 0.0697. The molecule has 0 aliphatic heterocycles. The van der Waals surface area contributed by atoms with Crippen molar-refractivity contribution >= 4 is 28.9 Å². The van der Waals surface area contributed by atoms with Crippen LogP contribution in [0, 0.1) is 0 Å². The highest BCUT2D eigenvalue weighted by Crippen LogP contribution is 2.29. The lowest BCUT2D eigenvalue weighted by Gasteiger charge is -2.13. The van der Waals surface area contributed by atoms with Gasteiger partial charge in [-0.15, -0.1) is 0 Å². The number of aromatic carboxylic acids is 1. The minimum absolute atomic E-state index is 0.0586. The summed E-state index contributed by atoms with van der Waals surface area (Å²) in [6, 6.07) is 2.90. The lowest BCUT2D eigenvalue weighted by Crippen LogP contribution is -2.20. The van der Waals surface area contributed by atoms with Gasteiger partial charge in [0.15, 0.2) is 0 Å². The average Bonchev–Trinajstić information content (AvgIpc) is 2.34. The zero-order valence-electron chi connectivity index (χ0n) is 11.6. The first-order valence-corrected chi connectivity index (χ1v) is 6.58. The van der Waals surface area contributed by atoms with Crippen molar-refractivity contribution in [2.24, 2.45) is 0 Å². The lowest BCUT2D eigenvalue weighted by atomic mass is 10.1. The fourth-order valence-electron chi connectivity index (χ4n) is 1.57. The van der Waals surface area contributed by atoms with E-state index in [1.54, 1.807) is 0 Å². The number of likely N-dealkylation sites (N-methyl/N-ethyl adjacent to an activating group) is 1. The van der Waals surface area contributed by atoms with E-state index in [1.807, 2.05) is 19.0 Å². The van der Waals surface area contributed by atoms with Crippen LogP contribution in [0.2, 0.25) is 5.02 Å². The van der Waals surface area contributed by atoms with Crippen LogP contribution in [-0.2, 0) is 4.74 Å². The van der Waals surface area contributed by atoms with Gasteiger partial charge in [-0.3, -0.25) is 0 Å². The van der Waals surface area contributed by atoms with E-state index in [9.17, 15) is 4.79 Å². The van der Waals surface area contributed by atoms with Crippen LogP contribution in [0.25, 0.3) is 0 Å². The van der Waals surface area contributed by atoms with E-state index >= 15 is 0 Å². The first kappa shape index (κ1) is 16.6. The van der Waals surface area contributed by atoms with Gasteiger partial charge in [-0.1, -0.05) is 11.6 Å². The zero-order valence-corrected chi connectivity index (χ0v) is 12.4. The maximum atomic E-state index is 11.1. The molecule has 1 rings (SSSR count). The third kappa shape index (κ3) is 5.24. The number of anilines is 2. The van der Waals surface area contributed by atoms with E-state index in [0.29, 0.717) is 31.1 Å². The van der Waals surface area contributed by atoms with Crippen LogP contribution >= 0.6 is 11.6 Å². The smallest absolute Gasteiger partial charge is 0.337 e. The molecule has 0 atom stereocenters. The molecule has 7 heteroatoms. The SMILES string of the molecule is CN(C)CCOCCNc1c(Cl)cc(N)cc1C(=O)O. The van der Waals surface area contributed by atoms with Gasteiger partial charge in [0.05, 0.1) is 29.5 Å². The van der Waals surface area contributed by atoms with Crippen LogP contribution in [0.3, 0.4) is 0 Å². The third-order valence-corrected chi connectivity index (χ3v) is 2.87. The van der Waals surface area contributed by atoms with Gasteiger partial charge in [0.25, 0.3) is 0 Å². The van der Waals surface area contributed by atoms with E-state index < -0.39 is 5.97 Å². The largest absolute Gasteiger partial charge is 0.478 e. The molecule has 0 saturated heterocycles. The second kappa shape index (κ2) is 7.94. The van der Waals surface area contributed by atoms with E-state index in [0.717, 1.165) is 6.54 Å². The van der Waals surface area contributed by atoms with E-state index in [1.165, 1.54) is 12.1 Å². The van der Waals surface area contributed by atoms with Crippen LogP contribution in [0.4, 0.5) is 11.4 Å². The number of ether oxygens (including phenoxy) is 1. The summed E-state index contributed by atoms with van der Waals surface area (Å²) < 4.78 is 5.41. The minimum atomic E-state index is -1.07. The zero-order chi connectivity index (χ0) is 15.1. The number of halogens is 1. The number of nitrogens with one attached hydrogen (secondary N) is 1. The summed E-state index contributed by atoms with van der Waals surface area (Å²) in [5.74, 6) is -1.07. The van der Waals surface area contributed by atoms with Crippen molar-refractivity contribution in [3.63, 3.8) is 0 Å². The van der Waals surface area contributed by atoms with Crippen molar-refractivity contribution in [2.75, 3.05) is 51.4 Å². The Bertz CT molecular complexity index is 466. The molecule has 0 spiro atoms. The monoisotopic (exact) mass is 301 g/mol. The molecule has 0 aliphatic carbocycles. The Kier molecular flexibility index (Phi) is 6.57. The number of rotatable bonds is 8. The number of hydrogen-bond donors (Lipinski definition) is 3. The summed E-state index contributed by atoms with van der Waals surface area (Å²) in [5.41, 5.74) is 6.33. The Morgan fingerprint density at radius 1 is 1.45 bits per heavy atom. The van der Waals surface area contributed by atoms with Gasteiger partial charge in [-0.2, -0.15) is 0 Å². The Labute approximate surface area is 123 Å². The summed E-state index contributed by atoms with van der Waals surface area (Å²) in [7, 11) is 3.93. The summed E-state index contributed by atoms with van der Waals surface area (Å²) >= 11 is 6.01. The normalized spacial score (nSPS) is 10.8. The molecule has 4 N–H and O–H groups in total. The standard InChI is InChI=1S/C13H20ClN3O3/c1-17(2)4-6-20-5-3-16-12-10(13(18)19)7-9(15)8-11(12)14/h7-8,16H,3-6,15H2,1-2H3,(H,18,19). The maximum absolute atomic E-state index is 11.1. The van der Waals surface area contributed by atoms with Crippen LogP contribution in [-0.4, -0.2) is 56.4 Å². The predicted molar refractivity (Wildman–Crippen MR) is 80.7 cm³/mol. The van der Waals surface area contributed by atoms with Gasteiger partial charge in [-0.25, -0.2) is 4.79 Å². The van der Waals surface area contributed by atoms with Crippen molar-refractivity contribution in [3.8, 4) is 0 Å². The maximum Gasteiger partial charge on any atom is 0.337 e. The second-order valence-corrected chi connectivity index (χ2v) is 4.98. The van der Waals surface area contributed by atoms with Crippen molar-refractivity contribution in [1.82, 2.24) is 4.90 Å². The fourth-order valence-corrected chi connectivity index (χ4v) is 1.87. The van der Waals surface area contributed by atoms with Gasteiger partial charge in [0, 0.05) is 18.8 Å². The van der Waals surface area contributed by atoms with Crippen LogP contribution in [0.5, 0.6) is 0 Å². The van der Waals surface area contributed by atoms with Gasteiger partial charge in [-0.05, 0) is 26.2 Å². The molecule has 112 valence electrons. The first-order chi connectivity index (χ1) is 9.41. The third-order valence-electron chi connectivity index (χ3n) is 2.57. The molecule has 20 heavy (non-hydrogen) atoms. The van der Waals surface area contributed by atoms with Gasteiger partial charge in [0.1, 0.15) is 0 Å². The molecule has 0 saturated carbocycles. The molecule has 1 aromatic rings. The van der Waals surface area contributed by atoms with Gasteiger partial charge < -0.3 is 25.8 Å². The minimum Gasteiger partial charge on any atom is -0.478 e. The Morgan fingerprint density at radius 2 is 2.15 bits per heavy atom. The number of nitrogens with two attached hydrogens (primary N) is 1. The molecule has 0 amide bonds. The highest BCUT2D eigenvalue weighted by Gasteiger charge is 2.14. The van der Waals surface area contributed by atoms with Crippen LogP contribution in [0.15, 0.2) is 12.1 Å². The van der Waals surface area contributed by atoms with E-state index in [-0.39, 0.29) is 10.6 Å². The van der Waals surface area contributed by atoms with Crippen LogP contribution < -0.4 is 11.1 Å². The van der Waals surface area contributed by atoms with Crippen LogP contribution in [0.1, 0.15) is 10.4 Å². The molecule has 0 aromatic heterocycles. The fraction of sp³-hybridized carbons (Fsp3) is 0.462. The summed E-state index contributed by atoms with van der Waals surface area (Å²) in [6.45, 7) is 2.39. The molecular formula is C13H20ClN3O3. The number of hydrogen-bond acceptors (Lipinski definition) is 5. The van der Waals surface area contributed by atoms with E-state index in [4.69, 9.17) is 27.2 Å². The van der Waals surface area contributed by atoms with E-state index in [2.05, 4.69) is 5.32 Å². The molecule has 0 radical (unpaired) electrons. The molecule has 0 aliphatic rings. The van der Waals surface area contributed by atoms with Crippen molar-refractivity contribution in [2.45, 2.75) is 0 Å². The highest BCUT2D eigenvalue weighted by atomic mass is 35.5. The van der Waals surface area contributed by atoms with Gasteiger partial charge in [0.2, 0.25) is 0 Å². The molecule has 6 nitrogen and oxygen atoms in total.